The lowest BCUT2D eigenvalue weighted by atomic mass is 9.86. The van der Waals surface area contributed by atoms with Gasteiger partial charge in [0, 0.05) is 12.1 Å². The third-order valence-electron chi connectivity index (χ3n) is 4.53. The fraction of sp³-hybridized carbons (Fsp3) is 0.667. The van der Waals surface area contributed by atoms with Crippen LogP contribution in [0.25, 0.3) is 0 Å². The van der Waals surface area contributed by atoms with E-state index >= 15 is 0 Å². The highest BCUT2D eigenvalue weighted by Gasteiger charge is 2.25. The van der Waals surface area contributed by atoms with Crippen LogP contribution in [0.2, 0.25) is 0 Å². The van der Waals surface area contributed by atoms with Gasteiger partial charge in [0.1, 0.15) is 0 Å². The van der Waals surface area contributed by atoms with Gasteiger partial charge in [-0.25, -0.2) is 0 Å². The third kappa shape index (κ3) is 4.32. The van der Waals surface area contributed by atoms with E-state index in [1.165, 1.54) is 11.1 Å². The Balaban J connectivity index is 1.83. The molecular formula is C18H30N2. The lowest BCUT2D eigenvalue weighted by Crippen LogP contribution is -2.48. The van der Waals surface area contributed by atoms with Gasteiger partial charge in [-0.1, -0.05) is 45.0 Å². The Bertz CT molecular complexity index is 416. The Morgan fingerprint density at radius 2 is 1.65 bits per heavy atom. The highest BCUT2D eigenvalue weighted by Crippen LogP contribution is 2.23. The van der Waals surface area contributed by atoms with Gasteiger partial charge in [-0.15, -0.1) is 0 Å². The molecule has 0 atom stereocenters. The molecule has 0 aliphatic carbocycles. The van der Waals surface area contributed by atoms with Crippen LogP contribution in [0, 0.1) is 0 Å². The Labute approximate surface area is 124 Å². The largest absolute Gasteiger partial charge is 0.325 e. The number of nitrogens with zero attached hydrogens (tertiary/aromatic N) is 1. The Morgan fingerprint density at radius 1 is 1.10 bits per heavy atom. The molecule has 2 N–H and O–H groups in total. The summed E-state index contributed by atoms with van der Waals surface area (Å²) in [7, 11) is 0. The minimum atomic E-state index is 0.0604. The third-order valence-corrected chi connectivity index (χ3v) is 4.53. The molecule has 0 unspecified atom stereocenters. The number of benzene rings is 1. The first-order valence-corrected chi connectivity index (χ1v) is 7.87. The average molecular weight is 274 g/mol. The molecular weight excluding hydrogens is 244 g/mol. The number of nitrogens with two attached hydrogens (primary N) is 1. The van der Waals surface area contributed by atoms with Gasteiger partial charge in [-0.3, -0.25) is 0 Å². The van der Waals surface area contributed by atoms with Crippen LogP contribution in [-0.4, -0.2) is 30.1 Å². The molecule has 2 nitrogen and oxygen atoms in total. The molecule has 0 radical (unpaired) electrons. The highest BCUT2D eigenvalue weighted by molar-refractivity contribution is 5.27. The van der Waals surface area contributed by atoms with Gasteiger partial charge in [-0.2, -0.15) is 0 Å². The maximum Gasteiger partial charge on any atom is 0.0150 e. The number of hydrogen-bond donors (Lipinski definition) is 1. The fourth-order valence-corrected chi connectivity index (χ4v) is 2.75. The molecule has 0 spiro atoms. The topological polar surface area (TPSA) is 29.3 Å². The summed E-state index contributed by atoms with van der Waals surface area (Å²) in [6, 6.07) is 9.14. The van der Waals surface area contributed by atoms with Crippen molar-refractivity contribution in [2.75, 3.05) is 19.6 Å². The summed E-state index contributed by atoms with van der Waals surface area (Å²) < 4.78 is 0. The molecule has 0 amide bonds. The standard InChI is InChI=1S/C18H30N2/c1-17(2,3)16-7-5-15(6-8-16)9-12-20-13-10-18(4,19)11-14-20/h5-8H,9-14,19H2,1-4H3. The summed E-state index contributed by atoms with van der Waals surface area (Å²) in [5, 5.41) is 0. The molecule has 1 aliphatic heterocycles. The van der Waals surface area contributed by atoms with Gasteiger partial charge in [-0.05, 0) is 55.8 Å². The van der Waals surface area contributed by atoms with Crippen molar-refractivity contribution in [3.8, 4) is 0 Å². The SMILES string of the molecule is CC1(N)CCN(CCc2ccc(C(C)(C)C)cc2)CC1. The summed E-state index contributed by atoms with van der Waals surface area (Å²) in [6.07, 6.45) is 3.39. The van der Waals surface area contributed by atoms with E-state index in [1.807, 2.05) is 0 Å². The molecule has 112 valence electrons. The van der Waals surface area contributed by atoms with Gasteiger partial charge in [0.05, 0.1) is 0 Å². The van der Waals surface area contributed by atoms with Crippen molar-refractivity contribution in [2.45, 2.75) is 57.9 Å². The summed E-state index contributed by atoms with van der Waals surface area (Å²) >= 11 is 0. The molecule has 0 saturated carbocycles. The molecule has 1 aromatic rings. The first-order chi connectivity index (χ1) is 9.26. The van der Waals surface area contributed by atoms with E-state index in [1.54, 1.807) is 0 Å². The van der Waals surface area contributed by atoms with Crippen molar-refractivity contribution in [2.24, 2.45) is 5.73 Å². The van der Waals surface area contributed by atoms with Crippen molar-refractivity contribution in [1.29, 1.82) is 0 Å². The maximum absolute atomic E-state index is 6.18. The second-order valence-electron chi connectivity index (χ2n) is 7.69. The summed E-state index contributed by atoms with van der Waals surface area (Å²) in [6.45, 7) is 12.4. The van der Waals surface area contributed by atoms with Crippen LogP contribution in [0.1, 0.15) is 51.7 Å². The van der Waals surface area contributed by atoms with Crippen molar-refractivity contribution >= 4 is 0 Å². The second kappa shape index (κ2) is 5.87. The maximum atomic E-state index is 6.18. The Hall–Kier alpha value is -0.860. The quantitative estimate of drug-likeness (QED) is 0.916. The van der Waals surface area contributed by atoms with E-state index in [2.05, 4.69) is 56.9 Å². The zero-order valence-corrected chi connectivity index (χ0v) is 13.6. The van der Waals surface area contributed by atoms with Gasteiger partial charge < -0.3 is 10.6 Å². The summed E-state index contributed by atoms with van der Waals surface area (Å²) in [5.74, 6) is 0. The highest BCUT2D eigenvalue weighted by atomic mass is 15.1. The summed E-state index contributed by atoms with van der Waals surface area (Å²) in [4.78, 5) is 2.55. The van der Waals surface area contributed by atoms with E-state index in [0.717, 1.165) is 38.9 Å². The van der Waals surface area contributed by atoms with Crippen molar-refractivity contribution in [3.63, 3.8) is 0 Å². The number of hydrogen-bond acceptors (Lipinski definition) is 2. The molecule has 1 fully saturated rings. The molecule has 1 aromatic carbocycles. The molecule has 1 aliphatic rings. The number of likely N-dealkylation sites (tertiary alicyclic amines) is 1. The predicted octanol–water partition coefficient (Wildman–Crippen LogP) is 3.34. The zero-order chi connectivity index (χ0) is 14.8. The van der Waals surface area contributed by atoms with Crippen LogP contribution in [0.4, 0.5) is 0 Å². The van der Waals surface area contributed by atoms with Crippen LogP contribution in [0.15, 0.2) is 24.3 Å². The van der Waals surface area contributed by atoms with Gasteiger partial charge >= 0.3 is 0 Å². The molecule has 1 heterocycles. The molecule has 2 rings (SSSR count). The first-order valence-electron chi connectivity index (χ1n) is 7.87. The van der Waals surface area contributed by atoms with Crippen molar-refractivity contribution < 1.29 is 0 Å². The van der Waals surface area contributed by atoms with Crippen LogP contribution < -0.4 is 5.73 Å². The predicted molar refractivity (Wildman–Crippen MR) is 87.1 cm³/mol. The van der Waals surface area contributed by atoms with Gasteiger partial charge in [0.25, 0.3) is 0 Å². The van der Waals surface area contributed by atoms with E-state index < -0.39 is 0 Å². The van der Waals surface area contributed by atoms with Crippen LogP contribution in [0.3, 0.4) is 0 Å². The lowest BCUT2D eigenvalue weighted by Gasteiger charge is -2.36. The minimum absolute atomic E-state index is 0.0604. The summed E-state index contributed by atoms with van der Waals surface area (Å²) in [5.41, 5.74) is 9.34. The molecule has 2 heteroatoms. The van der Waals surface area contributed by atoms with E-state index in [-0.39, 0.29) is 11.0 Å². The van der Waals surface area contributed by atoms with Gasteiger partial charge in [0.15, 0.2) is 0 Å². The van der Waals surface area contributed by atoms with E-state index in [0.29, 0.717) is 0 Å². The van der Waals surface area contributed by atoms with E-state index in [9.17, 15) is 0 Å². The second-order valence-corrected chi connectivity index (χ2v) is 7.69. The average Bonchev–Trinajstić information content (AvgIpc) is 2.37. The lowest BCUT2D eigenvalue weighted by molar-refractivity contribution is 0.173. The Kier molecular flexibility index (Phi) is 4.55. The van der Waals surface area contributed by atoms with Crippen LogP contribution in [0.5, 0.6) is 0 Å². The molecule has 1 saturated heterocycles. The Morgan fingerprint density at radius 3 is 2.15 bits per heavy atom. The fourth-order valence-electron chi connectivity index (χ4n) is 2.75. The minimum Gasteiger partial charge on any atom is -0.325 e. The molecule has 0 bridgehead atoms. The van der Waals surface area contributed by atoms with Crippen molar-refractivity contribution in [1.82, 2.24) is 4.90 Å². The monoisotopic (exact) mass is 274 g/mol. The number of rotatable bonds is 3. The number of piperidine rings is 1. The smallest absolute Gasteiger partial charge is 0.0150 e. The normalized spacial score (nSPS) is 20.1. The van der Waals surface area contributed by atoms with E-state index in [4.69, 9.17) is 5.73 Å². The zero-order valence-electron chi connectivity index (χ0n) is 13.6. The first kappa shape index (κ1) is 15.5. The van der Waals surface area contributed by atoms with Crippen molar-refractivity contribution in [3.05, 3.63) is 35.4 Å². The van der Waals surface area contributed by atoms with Gasteiger partial charge in [0.2, 0.25) is 0 Å². The van der Waals surface area contributed by atoms with Crippen LogP contribution in [-0.2, 0) is 11.8 Å². The van der Waals surface area contributed by atoms with Crippen LogP contribution >= 0.6 is 0 Å². The molecule has 20 heavy (non-hydrogen) atoms. The molecule has 0 aromatic heterocycles.